The standard InChI is InChI=1S/C10H11N3/c11-5-2-7-13-8-4-9-10(13)3-1-6-12-9/h1-6,8H,7,11H2/b5-2+. The maximum Gasteiger partial charge on any atom is 0.0881 e. The van der Waals surface area contributed by atoms with Crippen LogP contribution in [0, 0.1) is 0 Å². The molecule has 13 heavy (non-hydrogen) atoms. The van der Waals surface area contributed by atoms with Gasteiger partial charge in [0.1, 0.15) is 0 Å². The summed E-state index contributed by atoms with van der Waals surface area (Å²) in [5, 5.41) is 0. The third kappa shape index (κ3) is 1.40. The van der Waals surface area contributed by atoms with Gasteiger partial charge < -0.3 is 10.3 Å². The summed E-state index contributed by atoms with van der Waals surface area (Å²) in [6, 6.07) is 5.98. The summed E-state index contributed by atoms with van der Waals surface area (Å²) in [4.78, 5) is 4.23. The lowest BCUT2D eigenvalue weighted by Gasteiger charge is -1.99. The summed E-state index contributed by atoms with van der Waals surface area (Å²) in [5.74, 6) is 0. The lowest BCUT2D eigenvalue weighted by atomic mass is 10.4. The number of hydrogen-bond acceptors (Lipinski definition) is 2. The van der Waals surface area contributed by atoms with Crippen LogP contribution in [0.1, 0.15) is 0 Å². The second kappa shape index (κ2) is 3.31. The van der Waals surface area contributed by atoms with E-state index in [1.807, 2.05) is 30.5 Å². The largest absolute Gasteiger partial charge is 0.405 e. The van der Waals surface area contributed by atoms with Crippen LogP contribution in [-0.2, 0) is 6.54 Å². The molecule has 2 N–H and O–H groups in total. The van der Waals surface area contributed by atoms with Crippen LogP contribution in [0.15, 0.2) is 42.9 Å². The van der Waals surface area contributed by atoms with Gasteiger partial charge in [0, 0.05) is 18.9 Å². The Bertz CT molecular complexity index is 428. The molecule has 2 heterocycles. The first-order chi connectivity index (χ1) is 6.42. The third-order valence-corrected chi connectivity index (χ3v) is 1.98. The molecule has 3 heteroatoms. The zero-order valence-electron chi connectivity index (χ0n) is 7.22. The molecule has 3 nitrogen and oxygen atoms in total. The van der Waals surface area contributed by atoms with E-state index >= 15 is 0 Å². The Morgan fingerprint density at radius 2 is 2.38 bits per heavy atom. The molecular weight excluding hydrogens is 162 g/mol. The van der Waals surface area contributed by atoms with Gasteiger partial charge in [-0.3, -0.25) is 4.98 Å². The van der Waals surface area contributed by atoms with Crippen LogP contribution in [0.4, 0.5) is 0 Å². The van der Waals surface area contributed by atoms with E-state index in [1.165, 1.54) is 0 Å². The molecule has 0 amide bonds. The second-order valence-electron chi connectivity index (χ2n) is 2.80. The first kappa shape index (κ1) is 7.86. The van der Waals surface area contributed by atoms with E-state index in [1.54, 1.807) is 12.4 Å². The van der Waals surface area contributed by atoms with Crippen LogP contribution < -0.4 is 5.73 Å². The maximum absolute atomic E-state index is 5.28. The molecule has 0 unspecified atom stereocenters. The van der Waals surface area contributed by atoms with Gasteiger partial charge in [0.2, 0.25) is 0 Å². The predicted molar refractivity (Wildman–Crippen MR) is 53.1 cm³/mol. The van der Waals surface area contributed by atoms with E-state index in [0.29, 0.717) is 0 Å². The minimum atomic E-state index is 0.797. The molecular formula is C10H11N3. The van der Waals surface area contributed by atoms with Crippen LogP contribution in [-0.4, -0.2) is 9.55 Å². The number of aromatic nitrogens is 2. The molecule has 0 aromatic carbocycles. The molecule has 2 aromatic rings. The second-order valence-corrected chi connectivity index (χ2v) is 2.80. The van der Waals surface area contributed by atoms with Crippen molar-refractivity contribution in [1.29, 1.82) is 0 Å². The van der Waals surface area contributed by atoms with Crippen LogP contribution >= 0.6 is 0 Å². The van der Waals surface area contributed by atoms with Gasteiger partial charge in [-0.1, -0.05) is 0 Å². The number of allylic oxidation sites excluding steroid dienone is 1. The Balaban J connectivity index is 2.45. The van der Waals surface area contributed by atoms with Gasteiger partial charge in [-0.25, -0.2) is 0 Å². The number of fused-ring (bicyclic) bond motifs is 1. The van der Waals surface area contributed by atoms with E-state index in [0.717, 1.165) is 17.6 Å². The van der Waals surface area contributed by atoms with Crippen molar-refractivity contribution >= 4 is 11.0 Å². The van der Waals surface area contributed by atoms with Crippen molar-refractivity contribution in [1.82, 2.24) is 9.55 Å². The maximum atomic E-state index is 5.28. The first-order valence-electron chi connectivity index (χ1n) is 4.18. The van der Waals surface area contributed by atoms with E-state index < -0.39 is 0 Å². The Labute approximate surface area is 76.5 Å². The number of nitrogens with zero attached hydrogens (tertiary/aromatic N) is 2. The van der Waals surface area contributed by atoms with E-state index in [2.05, 4.69) is 9.55 Å². The monoisotopic (exact) mass is 173 g/mol. The van der Waals surface area contributed by atoms with E-state index in [9.17, 15) is 0 Å². The summed E-state index contributed by atoms with van der Waals surface area (Å²) in [6.45, 7) is 0.797. The SMILES string of the molecule is N/C=C/Cn1ccc2ncccc21. The predicted octanol–water partition coefficient (Wildman–Crippen LogP) is 1.51. The highest BCUT2D eigenvalue weighted by Gasteiger charge is 1.97. The van der Waals surface area contributed by atoms with Crippen molar-refractivity contribution in [2.75, 3.05) is 0 Å². The Morgan fingerprint density at radius 3 is 3.23 bits per heavy atom. The van der Waals surface area contributed by atoms with Crippen molar-refractivity contribution in [3.05, 3.63) is 42.9 Å². The van der Waals surface area contributed by atoms with E-state index in [-0.39, 0.29) is 0 Å². The lowest BCUT2D eigenvalue weighted by molar-refractivity contribution is 0.861. The van der Waals surface area contributed by atoms with Gasteiger partial charge in [-0.2, -0.15) is 0 Å². The van der Waals surface area contributed by atoms with E-state index in [4.69, 9.17) is 5.73 Å². The van der Waals surface area contributed by atoms with Gasteiger partial charge in [-0.05, 0) is 30.5 Å². The highest BCUT2D eigenvalue weighted by Crippen LogP contribution is 2.11. The highest BCUT2D eigenvalue weighted by molar-refractivity contribution is 5.75. The Morgan fingerprint density at radius 1 is 1.46 bits per heavy atom. The van der Waals surface area contributed by atoms with Crippen LogP contribution in [0.25, 0.3) is 11.0 Å². The van der Waals surface area contributed by atoms with Crippen molar-refractivity contribution in [3.8, 4) is 0 Å². The minimum absolute atomic E-state index is 0.797. The first-order valence-corrected chi connectivity index (χ1v) is 4.18. The zero-order valence-corrected chi connectivity index (χ0v) is 7.22. The van der Waals surface area contributed by atoms with Gasteiger partial charge >= 0.3 is 0 Å². The summed E-state index contributed by atoms with van der Waals surface area (Å²) >= 11 is 0. The quantitative estimate of drug-likeness (QED) is 0.748. The number of rotatable bonds is 2. The fraction of sp³-hybridized carbons (Fsp3) is 0.100. The fourth-order valence-electron chi connectivity index (χ4n) is 1.35. The van der Waals surface area contributed by atoms with Crippen LogP contribution in [0.2, 0.25) is 0 Å². The summed E-state index contributed by atoms with van der Waals surface area (Å²) < 4.78 is 2.10. The molecule has 0 fully saturated rings. The normalized spacial score (nSPS) is 11.4. The van der Waals surface area contributed by atoms with Crippen molar-refractivity contribution in [3.63, 3.8) is 0 Å². The minimum Gasteiger partial charge on any atom is -0.405 e. The van der Waals surface area contributed by atoms with Crippen LogP contribution in [0.3, 0.4) is 0 Å². The zero-order chi connectivity index (χ0) is 9.10. The van der Waals surface area contributed by atoms with Crippen molar-refractivity contribution < 1.29 is 0 Å². The molecule has 0 aliphatic carbocycles. The Kier molecular flexibility index (Phi) is 2.00. The van der Waals surface area contributed by atoms with Gasteiger partial charge in [-0.15, -0.1) is 0 Å². The molecule has 0 saturated heterocycles. The highest BCUT2D eigenvalue weighted by atomic mass is 15.0. The van der Waals surface area contributed by atoms with Gasteiger partial charge in [0.15, 0.2) is 0 Å². The molecule has 2 rings (SSSR count). The topological polar surface area (TPSA) is 43.8 Å². The van der Waals surface area contributed by atoms with Crippen molar-refractivity contribution in [2.24, 2.45) is 5.73 Å². The molecule has 2 aromatic heterocycles. The molecule has 0 radical (unpaired) electrons. The summed E-state index contributed by atoms with van der Waals surface area (Å²) in [6.07, 6.45) is 7.28. The summed E-state index contributed by atoms with van der Waals surface area (Å²) in [5.41, 5.74) is 7.44. The van der Waals surface area contributed by atoms with Gasteiger partial charge in [0.05, 0.1) is 11.0 Å². The van der Waals surface area contributed by atoms with Crippen molar-refractivity contribution in [2.45, 2.75) is 6.54 Å². The third-order valence-electron chi connectivity index (χ3n) is 1.98. The average molecular weight is 173 g/mol. The number of nitrogens with two attached hydrogens (primary N) is 1. The smallest absolute Gasteiger partial charge is 0.0881 e. The number of hydrogen-bond donors (Lipinski definition) is 1. The summed E-state index contributed by atoms with van der Waals surface area (Å²) in [7, 11) is 0. The molecule has 0 atom stereocenters. The molecule has 0 saturated carbocycles. The lowest BCUT2D eigenvalue weighted by Crippen LogP contribution is -1.93. The molecule has 0 bridgehead atoms. The number of pyridine rings is 1. The molecule has 66 valence electrons. The van der Waals surface area contributed by atoms with Gasteiger partial charge in [0.25, 0.3) is 0 Å². The average Bonchev–Trinajstić information content (AvgIpc) is 2.58. The van der Waals surface area contributed by atoms with Crippen LogP contribution in [0.5, 0.6) is 0 Å². The Hall–Kier alpha value is -1.77. The molecule has 0 spiro atoms. The molecule has 0 aliphatic heterocycles. The molecule has 0 aliphatic rings. The fourth-order valence-corrected chi connectivity index (χ4v) is 1.35.